The lowest BCUT2D eigenvalue weighted by molar-refractivity contribution is -0.133. The lowest BCUT2D eigenvalue weighted by Crippen LogP contribution is -2.54. The van der Waals surface area contributed by atoms with Crippen molar-refractivity contribution in [3.8, 4) is 0 Å². The molecule has 1 heterocycles. The number of nitrogens with one attached hydrogen (secondary N) is 1. The van der Waals surface area contributed by atoms with Gasteiger partial charge in [-0.25, -0.2) is 0 Å². The Labute approximate surface area is 115 Å². The number of carbonyl (C=O) groups excluding carboxylic acids is 1. The zero-order valence-corrected chi connectivity index (χ0v) is 11.6. The Morgan fingerprint density at radius 2 is 2.00 bits per heavy atom. The largest absolute Gasteiger partial charge is 0.339 e. The van der Waals surface area contributed by atoms with E-state index in [-0.39, 0.29) is 11.3 Å². The van der Waals surface area contributed by atoms with Crippen molar-refractivity contribution in [3.63, 3.8) is 0 Å². The molecule has 1 aromatic carbocycles. The van der Waals surface area contributed by atoms with Crippen LogP contribution in [0.15, 0.2) is 24.3 Å². The molecule has 3 heteroatoms. The molecule has 0 radical (unpaired) electrons. The molecule has 0 atom stereocenters. The lowest BCUT2D eigenvalue weighted by atomic mass is 9.64. The van der Waals surface area contributed by atoms with E-state index in [1.165, 1.54) is 30.4 Å². The van der Waals surface area contributed by atoms with Crippen LogP contribution in [0.2, 0.25) is 0 Å². The molecule has 0 aromatic heterocycles. The predicted octanol–water partition coefficient (Wildman–Crippen LogP) is 1.85. The molecular weight excluding hydrogens is 236 g/mol. The highest BCUT2D eigenvalue weighted by Gasteiger charge is 2.41. The molecule has 1 aromatic rings. The molecule has 0 bridgehead atoms. The van der Waals surface area contributed by atoms with Crippen molar-refractivity contribution in [1.82, 2.24) is 10.2 Å². The van der Waals surface area contributed by atoms with Crippen LogP contribution in [0.1, 0.15) is 30.4 Å². The van der Waals surface area contributed by atoms with E-state index in [9.17, 15) is 4.79 Å². The first kappa shape index (κ1) is 12.7. The van der Waals surface area contributed by atoms with E-state index in [1.54, 1.807) is 0 Å². The van der Waals surface area contributed by atoms with Crippen molar-refractivity contribution in [2.24, 2.45) is 0 Å². The summed E-state index contributed by atoms with van der Waals surface area (Å²) >= 11 is 0. The number of piperazine rings is 1. The highest BCUT2D eigenvalue weighted by Crippen LogP contribution is 2.44. The Morgan fingerprint density at radius 3 is 2.58 bits per heavy atom. The van der Waals surface area contributed by atoms with E-state index >= 15 is 0 Å². The molecule has 0 unspecified atom stereocenters. The molecule has 3 rings (SSSR count). The monoisotopic (exact) mass is 258 g/mol. The Kier molecular flexibility index (Phi) is 3.31. The summed E-state index contributed by atoms with van der Waals surface area (Å²) in [6, 6.07) is 8.88. The normalized spacial score (nSPS) is 22.2. The summed E-state index contributed by atoms with van der Waals surface area (Å²) < 4.78 is 0. The fourth-order valence-electron chi connectivity index (χ4n) is 3.23. The standard InChI is InChI=1S/C16H22N2O/c1-13-3-5-14(6-4-13)16(7-2-8-16)12-18-10-9-17-11-15(18)19/h3-6,17H,2,7-12H2,1H3. The number of benzene rings is 1. The van der Waals surface area contributed by atoms with Gasteiger partial charge in [0.15, 0.2) is 0 Å². The van der Waals surface area contributed by atoms with Crippen LogP contribution in [0.3, 0.4) is 0 Å². The van der Waals surface area contributed by atoms with Crippen molar-refractivity contribution in [2.45, 2.75) is 31.6 Å². The van der Waals surface area contributed by atoms with Gasteiger partial charge < -0.3 is 10.2 Å². The second kappa shape index (κ2) is 4.97. The van der Waals surface area contributed by atoms with E-state index in [4.69, 9.17) is 0 Å². The number of rotatable bonds is 3. The minimum Gasteiger partial charge on any atom is -0.339 e. The van der Waals surface area contributed by atoms with Gasteiger partial charge in [-0.3, -0.25) is 4.79 Å². The van der Waals surface area contributed by atoms with E-state index in [0.29, 0.717) is 6.54 Å². The Balaban J connectivity index is 1.79. The highest BCUT2D eigenvalue weighted by atomic mass is 16.2. The second-order valence-electron chi connectivity index (χ2n) is 5.99. The fraction of sp³-hybridized carbons (Fsp3) is 0.562. The van der Waals surface area contributed by atoms with Crippen molar-refractivity contribution >= 4 is 5.91 Å². The number of amides is 1. The number of carbonyl (C=O) groups is 1. The molecule has 1 saturated heterocycles. The third-order valence-corrected chi connectivity index (χ3v) is 4.66. The van der Waals surface area contributed by atoms with Gasteiger partial charge in [-0.15, -0.1) is 0 Å². The molecular formula is C16H22N2O. The number of hydrogen-bond acceptors (Lipinski definition) is 2. The number of aryl methyl sites for hydroxylation is 1. The van der Waals surface area contributed by atoms with E-state index in [0.717, 1.165) is 19.6 Å². The zero-order valence-electron chi connectivity index (χ0n) is 11.6. The van der Waals surface area contributed by atoms with Crippen LogP contribution in [0.5, 0.6) is 0 Å². The third-order valence-electron chi connectivity index (χ3n) is 4.66. The molecule has 0 spiro atoms. The van der Waals surface area contributed by atoms with Crippen LogP contribution in [0.25, 0.3) is 0 Å². The summed E-state index contributed by atoms with van der Waals surface area (Å²) in [5.74, 6) is 0.254. The molecule has 1 amide bonds. The van der Waals surface area contributed by atoms with Crippen LogP contribution in [0.4, 0.5) is 0 Å². The van der Waals surface area contributed by atoms with Crippen LogP contribution in [0, 0.1) is 6.92 Å². The Hall–Kier alpha value is -1.35. The van der Waals surface area contributed by atoms with Gasteiger partial charge in [0.1, 0.15) is 0 Å². The average molecular weight is 258 g/mol. The maximum absolute atomic E-state index is 12.0. The summed E-state index contributed by atoms with van der Waals surface area (Å²) in [6.45, 7) is 5.31. The van der Waals surface area contributed by atoms with E-state index in [1.807, 2.05) is 0 Å². The number of hydrogen-bond donors (Lipinski definition) is 1. The topological polar surface area (TPSA) is 32.3 Å². The first-order valence-electron chi connectivity index (χ1n) is 7.25. The summed E-state index contributed by atoms with van der Waals surface area (Å²) in [5.41, 5.74) is 2.94. The van der Waals surface area contributed by atoms with Gasteiger partial charge in [0.2, 0.25) is 5.91 Å². The van der Waals surface area contributed by atoms with Gasteiger partial charge >= 0.3 is 0 Å². The Bertz CT molecular complexity index is 462. The van der Waals surface area contributed by atoms with Crippen molar-refractivity contribution < 1.29 is 4.79 Å². The molecule has 19 heavy (non-hydrogen) atoms. The molecule has 1 N–H and O–H groups in total. The second-order valence-corrected chi connectivity index (χ2v) is 5.99. The van der Waals surface area contributed by atoms with Gasteiger partial charge in [-0.2, -0.15) is 0 Å². The van der Waals surface area contributed by atoms with Gasteiger partial charge in [-0.1, -0.05) is 36.2 Å². The average Bonchev–Trinajstić information content (AvgIpc) is 2.37. The minimum atomic E-state index is 0.223. The summed E-state index contributed by atoms with van der Waals surface area (Å²) in [5, 5.41) is 3.14. The smallest absolute Gasteiger partial charge is 0.236 e. The Morgan fingerprint density at radius 1 is 1.26 bits per heavy atom. The maximum Gasteiger partial charge on any atom is 0.236 e. The fourth-order valence-corrected chi connectivity index (χ4v) is 3.23. The summed E-state index contributed by atoms with van der Waals surface area (Å²) in [4.78, 5) is 14.0. The SMILES string of the molecule is Cc1ccc(C2(CN3CCNCC3=O)CCC2)cc1. The first-order valence-corrected chi connectivity index (χ1v) is 7.25. The van der Waals surface area contributed by atoms with Crippen LogP contribution in [-0.4, -0.2) is 37.0 Å². The third kappa shape index (κ3) is 2.39. The van der Waals surface area contributed by atoms with Crippen LogP contribution in [-0.2, 0) is 10.2 Å². The number of nitrogens with zero attached hydrogens (tertiary/aromatic N) is 1. The van der Waals surface area contributed by atoms with Crippen LogP contribution >= 0.6 is 0 Å². The van der Waals surface area contributed by atoms with Gasteiger partial charge in [-0.05, 0) is 25.3 Å². The van der Waals surface area contributed by atoms with Gasteiger partial charge in [0.05, 0.1) is 6.54 Å². The molecule has 2 fully saturated rings. The quantitative estimate of drug-likeness (QED) is 0.897. The van der Waals surface area contributed by atoms with Gasteiger partial charge in [0, 0.05) is 25.0 Å². The van der Waals surface area contributed by atoms with Crippen molar-refractivity contribution in [3.05, 3.63) is 35.4 Å². The highest BCUT2D eigenvalue weighted by molar-refractivity contribution is 5.79. The summed E-state index contributed by atoms with van der Waals surface area (Å²) in [6.07, 6.45) is 3.72. The summed E-state index contributed by atoms with van der Waals surface area (Å²) in [7, 11) is 0. The lowest BCUT2D eigenvalue weighted by Gasteiger charge is -2.46. The zero-order chi connectivity index (χ0) is 13.3. The predicted molar refractivity (Wildman–Crippen MR) is 76.2 cm³/mol. The first-order chi connectivity index (χ1) is 9.20. The van der Waals surface area contributed by atoms with Crippen molar-refractivity contribution in [2.75, 3.05) is 26.2 Å². The molecule has 2 aliphatic rings. The molecule has 1 aliphatic carbocycles. The maximum atomic E-state index is 12.0. The van der Waals surface area contributed by atoms with Gasteiger partial charge in [0.25, 0.3) is 0 Å². The molecule has 1 saturated carbocycles. The van der Waals surface area contributed by atoms with E-state index < -0.39 is 0 Å². The molecule has 3 nitrogen and oxygen atoms in total. The molecule has 102 valence electrons. The van der Waals surface area contributed by atoms with Crippen LogP contribution < -0.4 is 5.32 Å². The molecule has 1 aliphatic heterocycles. The minimum absolute atomic E-state index is 0.223. The van der Waals surface area contributed by atoms with E-state index in [2.05, 4.69) is 41.4 Å². The van der Waals surface area contributed by atoms with Crippen molar-refractivity contribution in [1.29, 1.82) is 0 Å².